The number of benzene rings is 1. The van der Waals surface area contributed by atoms with Gasteiger partial charge in [-0.2, -0.15) is 0 Å². The van der Waals surface area contributed by atoms with Crippen molar-refractivity contribution < 1.29 is 14.7 Å². The molecule has 2 atom stereocenters. The molecule has 1 aliphatic heterocycles. The van der Waals surface area contributed by atoms with Crippen molar-refractivity contribution in [1.29, 1.82) is 0 Å². The van der Waals surface area contributed by atoms with E-state index in [1.54, 1.807) is 4.90 Å². The van der Waals surface area contributed by atoms with Crippen LogP contribution >= 0.6 is 12.4 Å². The molecule has 0 saturated carbocycles. The van der Waals surface area contributed by atoms with Crippen LogP contribution in [0.25, 0.3) is 0 Å². The molecule has 0 spiro atoms. The number of hydrogen-bond acceptors (Lipinski definition) is 3. The van der Waals surface area contributed by atoms with Gasteiger partial charge in [-0.05, 0) is 38.3 Å². The highest BCUT2D eigenvalue weighted by atomic mass is 35.5. The van der Waals surface area contributed by atoms with Gasteiger partial charge in [-0.1, -0.05) is 31.0 Å². The molecule has 0 aliphatic carbocycles. The van der Waals surface area contributed by atoms with Gasteiger partial charge in [-0.25, -0.2) is 0 Å². The minimum Gasteiger partial charge on any atom is -0.480 e. The lowest BCUT2D eigenvalue weighted by Crippen LogP contribution is -2.55. The zero-order valence-electron chi connectivity index (χ0n) is 13.6. The summed E-state index contributed by atoms with van der Waals surface area (Å²) in [6.45, 7) is 4.64. The molecular formula is C17H25ClN2O3. The largest absolute Gasteiger partial charge is 0.480 e. The molecule has 0 aromatic heterocycles. The predicted octanol–water partition coefficient (Wildman–Crippen LogP) is 2.76. The molecule has 0 bridgehead atoms. The lowest BCUT2D eigenvalue weighted by molar-refractivity contribution is -0.140. The van der Waals surface area contributed by atoms with Crippen LogP contribution in [0.5, 0.6) is 0 Å². The summed E-state index contributed by atoms with van der Waals surface area (Å²) in [5, 5.41) is 12.3. The van der Waals surface area contributed by atoms with Crippen LogP contribution in [0.1, 0.15) is 38.2 Å². The molecule has 5 nitrogen and oxygen atoms in total. The first-order valence-electron chi connectivity index (χ1n) is 7.89. The van der Waals surface area contributed by atoms with Crippen molar-refractivity contribution in [1.82, 2.24) is 5.32 Å². The first kappa shape index (κ1) is 19.5. The third-order valence-electron chi connectivity index (χ3n) is 4.06. The second kappa shape index (κ2) is 8.89. The Morgan fingerprint density at radius 1 is 1.39 bits per heavy atom. The number of nitrogens with zero attached hydrogens (tertiary/aromatic N) is 1. The number of halogens is 1. The van der Waals surface area contributed by atoms with Crippen molar-refractivity contribution in [2.45, 2.75) is 51.6 Å². The van der Waals surface area contributed by atoms with Gasteiger partial charge in [0.25, 0.3) is 0 Å². The van der Waals surface area contributed by atoms with Crippen LogP contribution in [0.3, 0.4) is 0 Å². The molecule has 1 saturated heterocycles. The molecule has 1 amide bonds. The topological polar surface area (TPSA) is 69.6 Å². The number of nitrogens with one attached hydrogen (secondary N) is 1. The van der Waals surface area contributed by atoms with Gasteiger partial charge in [0.15, 0.2) is 0 Å². The first-order valence-corrected chi connectivity index (χ1v) is 7.89. The summed E-state index contributed by atoms with van der Waals surface area (Å²) in [5.74, 6) is -0.917. The van der Waals surface area contributed by atoms with E-state index in [-0.39, 0.29) is 18.3 Å². The third kappa shape index (κ3) is 4.94. The quantitative estimate of drug-likeness (QED) is 0.835. The normalized spacial score (nSPS) is 19.1. The second-order valence-corrected chi connectivity index (χ2v) is 5.87. The van der Waals surface area contributed by atoms with E-state index in [9.17, 15) is 14.7 Å². The first-order chi connectivity index (χ1) is 10.5. The molecule has 23 heavy (non-hydrogen) atoms. The standard InChI is InChI=1S/C17H24N2O3.ClH/c1-3-5-15(17(21)22)18-14-6-4-11-19(16(14)20)13-9-7-12(2)8-10-13;/h7-10,14-15,18H,3-6,11H2,1-2H3,(H,21,22);1H. The van der Waals surface area contributed by atoms with Crippen molar-refractivity contribution in [3.8, 4) is 0 Å². The van der Waals surface area contributed by atoms with Crippen LogP contribution < -0.4 is 10.2 Å². The van der Waals surface area contributed by atoms with E-state index in [0.29, 0.717) is 19.4 Å². The Bertz CT molecular complexity index is 533. The van der Waals surface area contributed by atoms with Gasteiger partial charge in [-0.3, -0.25) is 14.9 Å². The summed E-state index contributed by atoms with van der Waals surface area (Å²) in [4.78, 5) is 25.7. The average Bonchev–Trinajstić information content (AvgIpc) is 2.49. The molecule has 2 N–H and O–H groups in total. The minimum absolute atomic E-state index is 0. The van der Waals surface area contributed by atoms with E-state index in [1.165, 1.54) is 0 Å². The Kier molecular flexibility index (Phi) is 7.52. The molecule has 1 aliphatic rings. The molecular weight excluding hydrogens is 316 g/mol. The number of hydrogen-bond donors (Lipinski definition) is 2. The maximum Gasteiger partial charge on any atom is 0.320 e. The number of anilines is 1. The molecule has 2 rings (SSSR count). The maximum absolute atomic E-state index is 12.6. The number of carboxylic acids is 1. The molecule has 6 heteroatoms. The zero-order valence-corrected chi connectivity index (χ0v) is 14.4. The SMILES string of the molecule is CCCC(NC1CCCN(c2ccc(C)cc2)C1=O)C(=O)O.Cl. The van der Waals surface area contributed by atoms with Crippen LogP contribution in [-0.4, -0.2) is 35.6 Å². The van der Waals surface area contributed by atoms with E-state index in [0.717, 1.165) is 24.1 Å². The number of carbonyl (C=O) groups is 2. The van der Waals surface area contributed by atoms with Crippen LogP contribution in [0.2, 0.25) is 0 Å². The zero-order chi connectivity index (χ0) is 16.1. The Morgan fingerprint density at radius 3 is 2.61 bits per heavy atom. The lowest BCUT2D eigenvalue weighted by atomic mass is 10.0. The Hall–Kier alpha value is -1.59. The molecule has 128 valence electrons. The van der Waals surface area contributed by atoms with E-state index in [4.69, 9.17) is 0 Å². The van der Waals surface area contributed by atoms with Crippen molar-refractivity contribution in [3.63, 3.8) is 0 Å². The molecule has 1 aromatic carbocycles. The molecule has 2 unspecified atom stereocenters. The average molecular weight is 341 g/mol. The second-order valence-electron chi connectivity index (χ2n) is 5.87. The van der Waals surface area contributed by atoms with E-state index in [1.807, 2.05) is 38.1 Å². The summed E-state index contributed by atoms with van der Waals surface area (Å²) in [7, 11) is 0. The van der Waals surface area contributed by atoms with Gasteiger partial charge in [0.1, 0.15) is 6.04 Å². The minimum atomic E-state index is -0.887. The van der Waals surface area contributed by atoms with Gasteiger partial charge < -0.3 is 10.0 Å². The van der Waals surface area contributed by atoms with E-state index < -0.39 is 18.1 Å². The fourth-order valence-corrected chi connectivity index (χ4v) is 2.82. The van der Waals surface area contributed by atoms with E-state index in [2.05, 4.69) is 5.32 Å². The van der Waals surface area contributed by atoms with Crippen LogP contribution in [0.15, 0.2) is 24.3 Å². The van der Waals surface area contributed by atoms with Crippen LogP contribution in [0, 0.1) is 6.92 Å². The lowest BCUT2D eigenvalue weighted by Gasteiger charge is -2.34. The number of rotatable bonds is 6. The molecule has 1 heterocycles. The Labute approximate surface area is 143 Å². The monoisotopic (exact) mass is 340 g/mol. The summed E-state index contributed by atoms with van der Waals surface area (Å²) in [6, 6.07) is 6.78. The fraction of sp³-hybridized carbons (Fsp3) is 0.529. The van der Waals surface area contributed by atoms with Crippen molar-refractivity contribution in [2.24, 2.45) is 0 Å². The highest BCUT2D eigenvalue weighted by molar-refractivity contribution is 5.98. The molecule has 0 radical (unpaired) electrons. The van der Waals surface area contributed by atoms with Gasteiger partial charge in [-0.15, -0.1) is 12.4 Å². The summed E-state index contributed by atoms with van der Waals surface area (Å²) < 4.78 is 0. The number of carboxylic acid groups (broad SMARTS) is 1. The summed E-state index contributed by atoms with van der Waals surface area (Å²) >= 11 is 0. The fourth-order valence-electron chi connectivity index (χ4n) is 2.82. The van der Waals surface area contributed by atoms with Crippen molar-refractivity contribution in [2.75, 3.05) is 11.4 Å². The highest BCUT2D eigenvalue weighted by Gasteiger charge is 2.32. The van der Waals surface area contributed by atoms with Crippen LogP contribution in [-0.2, 0) is 9.59 Å². The highest BCUT2D eigenvalue weighted by Crippen LogP contribution is 2.22. The smallest absolute Gasteiger partial charge is 0.320 e. The van der Waals surface area contributed by atoms with Crippen LogP contribution in [0.4, 0.5) is 5.69 Å². The Morgan fingerprint density at radius 2 is 2.04 bits per heavy atom. The van der Waals surface area contributed by atoms with Gasteiger partial charge in [0.2, 0.25) is 5.91 Å². The van der Waals surface area contributed by atoms with E-state index >= 15 is 0 Å². The molecule has 1 fully saturated rings. The number of piperidine rings is 1. The third-order valence-corrected chi connectivity index (χ3v) is 4.06. The number of carbonyl (C=O) groups excluding carboxylic acids is 1. The van der Waals surface area contributed by atoms with Gasteiger partial charge >= 0.3 is 5.97 Å². The maximum atomic E-state index is 12.6. The molecule has 1 aromatic rings. The van der Waals surface area contributed by atoms with Crippen molar-refractivity contribution in [3.05, 3.63) is 29.8 Å². The Balaban J connectivity index is 0.00000264. The van der Waals surface area contributed by atoms with Crippen molar-refractivity contribution >= 4 is 30.0 Å². The predicted molar refractivity (Wildman–Crippen MR) is 93.3 cm³/mol. The summed E-state index contributed by atoms with van der Waals surface area (Å²) in [6.07, 6.45) is 2.86. The van der Waals surface area contributed by atoms with Gasteiger partial charge in [0.05, 0.1) is 6.04 Å². The number of amides is 1. The number of aliphatic carboxylic acids is 1. The van der Waals surface area contributed by atoms with Gasteiger partial charge in [0, 0.05) is 12.2 Å². The summed E-state index contributed by atoms with van der Waals surface area (Å²) in [5.41, 5.74) is 2.03. The number of aryl methyl sites for hydroxylation is 1.